The second kappa shape index (κ2) is 61.3. The van der Waals surface area contributed by atoms with Gasteiger partial charge in [0.1, 0.15) is 19.3 Å². The molecule has 17 nitrogen and oxygen atoms in total. The van der Waals surface area contributed by atoms with E-state index in [2.05, 4.69) is 41.5 Å². The number of hydrogen-bond acceptors (Lipinski definition) is 15. The van der Waals surface area contributed by atoms with Crippen LogP contribution in [0.5, 0.6) is 0 Å². The van der Waals surface area contributed by atoms with Crippen LogP contribution in [0.15, 0.2) is 0 Å². The average Bonchev–Trinajstić information content (AvgIpc) is 3.56. The lowest BCUT2D eigenvalue weighted by molar-refractivity contribution is -0.161. The molecule has 6 atom stereocenters. The van der Waals surface area contributed by atoms with E-state index in [1.807, 2.05) is 0 Å². The predicted molar refractivity (Wildman–Crippen MR) is 354 cm³/mol. The number of carbonyl (C=O) groups excluding carboxylic acids is 4. The maximum absolute atomic E-state index is 13.0. The number of ether oxygens (including phenoxy) is 4. The molecular weight excluding hydrogens is 1160 g/mol. The Morgan fingerprint density at radius 3 is 0.864 bits per heavy atom. The quantitative estimate of drug-likeness (QED) is 0.0222. The molecule has 0 aromatic rings. The Morgan fingerprint density at radius 2 is 0.580 bits per heavy atom. The molecule has 3 unspecified atom stereocenters. The van der Waals surface area contributed by atoms with Crippen molar-refractivity contribution in [2.45, 2.75) is 368 Å². The summed E-state index contributed by atoms with van der Waals surface area (Å²) < 4.78 is 68.1. The summed E-state index contributed by atoms with van der Waals surface area (Å²) in [6.45, 7) is 9.54. The molecule has 0 aromatic heterocycles. The molecule has 0 aromatic carbocycles. The fraction of sp³-hybridized carbons (Fsp3) is 0.942. The van der Waals surface area contributed by atoms with Crippen LogP contribution in [0.25, 0.3) is 0 Å². The Morgan fingerprint density at radius 1 is 0.330 bits per heavy atom. The number of hydrogen-bond donors (Lipinski definition) is 3. The van der Waals surface area contributed by atoms with Crippen LogP contribution < -0.4 is 0 Å². The molecule has 0 rings (SSSR count). The summed E-state index contributed by atoms with van der Waals surface area (Å²) in [6, 6.07) is 0. The van der Waals surface area contributed by atoms with Crippen LogP contribution in [0.4, 0.5) is 0 Å². The van der Waals surface area contributed by atoms with Gasteiger partial charge in [-0.2, -0.15) is 0 Å². The van der Waals surface area contributed by atoms with Gasteiger partial charge < -0.3 is 33.8 Å². The van der Waals surface area contributed by atoms with Crippen molar-refractivity contribution in [2.75, 3.05) is 39.6 Å². The van der Waals surface area contributed by atoms with E-state index in [4.69, 9.17) is 37.0 Å². The molecule has 0 saturated heterocycles. The monoisotopic (exact) mass is 1300 g/mol. The first-order valence-corrected chi connectivity index (χ1v) is 39.0. The standard InChI is InChI=1S/C69H134O17P2/c1-7-10-12-14-16-17-28-35-41-47-53-68(73)85-64(57-79-66(71)51-45-39-31-15-13-11-8-2)59-83-87(75,76)81-55-63(70)56-82-88(77,78)84-60-65(58-80-67(72)52-46-40-34-29-25-24-27-33-38-44-50-62(6)9-3)86-69(74)54-48-42-36-30-23-21-19-18-20-22-26-32-37-43-49-61(4)5/h61-65,70H,7-60H2,1-6H3,(H,75,76)(H,77,78)/t62?,63-,64+,65+/m0/s1. The Hall–Kier alpha value is -1.94. The molecule has 0 fully saturated rings. The van der Waals surface area contributed by atoms with E-state index < -0.39 is 97.5 Å². The maximum Gasteiger partial charge on any atom is 0.472 e. The van der Waals surface area contributed by atoms with Crippen LogP contribution >= 0.6 is 15.6 Å². The van der Waals surface area contributed by atoms with Crippen LogP contribution in [0.3, 0.4) is 0 Å². The highest BCUT2D eigenvalue weighted by molar-refractivity contribution is 7.47. The van der Waals surface area contributed by atoms with Crippen molar-refractivity contribution < 1.29 is 80.2 Å². The highest BCUT2D eigenvalue weighted by atomic mass is 31.2. The third-order valence-corrected chi connectivity index (χ3v) is 18.2. The fourth-order valence-electron chi connectivity index (χ4n) is 10.4. The van der Waals surface area contributed by atoms with E-state index in [1.54, 1.807) is 0 Å². The fourth-order valence-corrected chi connectivity index (χ4v) is 12.0. The van der Waals surface area contributed by atoms with Crippen LogP contribution in [0.2, 0.25) is 0 Å². The van der Waals surface area contributed by atoms with E-state index in [9.17, 15) is 43.2 Å². The number of phosphoric acid groups is 2. The van der Waals surface area contributed by atoms with Crippen molar-refractivity contribution in [1.29, 1.82) is 0 Å². The van der Waals surface area contributed by atoms with Gasteiger partial charge in [-0.1, -0.05) is 298 Å². The van der Waals surface area contributed by atoms with Gasteiger partial charge in [-0.25, -0.2) is 9.13 Å². The Bertz CT molecular complexity index is 1720. The molecule has 0 heterocycles. The van der Waals surface area contributed by atoms with Crippen molar-refractivity contribution in [2.24, 2.45) is 11.8 Å². The summed E-state index contributed by atoms with van der Waals surface area (Å²) in [5.74, 6) is -0.525. The molecule has 0 spiro atoms. The summed E-state index contributed by atoms with van der Waals surface area (Å²) in [7, 11) is -9.89. The molecule has 19 heteroatoms. The van der Waals surface area contributed by atoms with Crippen molar-refractivity contribution in [3.8, 4) is 0 Å². The van der Waals surface area contributed by atoms with E-state index in [-0.39, 0.29) is 25.7 Å². The Kier molecular flexibility index (Phi) is 59.9. The van der Waals surface area contributed by atoms with Crippen molar-refractivity contribution in [3.05, 3.63) is 0 Å². The first kappa shape index (κ1) is 86.1. The molecule has 0 saturated carbocycles. The molecule has 3 N–H and O–H groups in total. The summed E-state index contributed by atoms with van der Waals surface area (Å²) in [6.07, 6.45) is 45.8. The van der Waals surface area contributed by atoms with Gasteiger partial charge in [0, 0.05) is 25.7 Å². The molecule has 0 radical (unpaired) electrons. The third kappa shape index (κ3) is 61.6. The first-order chi connectivity index (χ1) is 42.4. The van der Waals surface area contributed by atoms with E-state index in [0.717, 1.165) is 115 Å². The third-order valence-electron chi connectivity index (χ3n) is 16.3. The average molecular weight is 1300 g/mol. The van der Waals surface area contributed by atoms with E-state index >= 15 is 0 Å². The lowest BCUT2D eigenvalue weighted by Crippen LogP contribution is -2.30. The minimum atomic E-state index is -4.95. The van der Waals surface area contributed by atoms with Gasteiger partial charge in [0.15, 0.2) is 12.2 Å². The number of aliphatic hydroxyl groups is 1. The van der Waals surface area contributed by atoms with Gasteiger partial charge in [-0.05, 0) is 37.5 Å². The van der Waals surface area contributed by atoms with Gasteiger partial charge in [-0.3, -0.25) is 37.3 Å². The van der Waals surface area contributed by atoms with Crippen LogP contribution in [-0.4, -0.2) is 96.7 Å². The van der Waals surface area contributed by atoms with Crippen molar-refractivity contribution in [3.63, 3.8) is 0 Å². The number of esters is 4. The van der Waals surface area contributed by atoms with Gasteiger partial charge in [-0.15, -0.1) is 0 Å². The summed E-state index contributed by atoms with van der Waals surface area (Å²) in [5.41, 5.74) is 0. The van der Waals surface area contributed by atoms with Gasteiger partial charge >= 0.3 is 39.5 Å². The number of aliphatic hydroxyl groups excluding tert-OH is 1. The maximum atomic E-state index is 13.0. The Labute approximate surface area is 537 Å². The van der Waals surface area contributed by atoms with Crippen molar-refractivity contribution >= 4 is 39.5 Å². The first-order valence-electron chi connectivity index (χ1n) is 36.0. The van der Waals surface area contributed by atoms with Gasteiger partial charge in [0.2, 0.25) is 0 Å². The molecule has 0 aliphatic rings. The lowest BCUT2D eigenvalue weighted by Gasteiger charge is -2.21. The summed E-state index contributed by atoms with van der Waals surface area (Å²) >= 11 is 0. The number of phosphoric ester groups is 2. The van der Waals surface area contributed by atoms with Crippen LogP contribution in [0, 0.1) is 11.8 Å². The highest BCUT2D eigenvalue weighted by Gasteiger charge is 2.30. The molecule has 0 aliphatic heterocycles. The lowest BCUT2D eigenvalue weighted by atomic mass is 9.99. The van der Waals surface area contributed by atoms with Crippen LogP contribution in [-0.2, 0) is 65.4 Å². The molecule has 0 amide bonds. The second-order valence-electron chi connectivity index (χ2n) is 25.6. The van der Waals surface area contributed by atoms with Crippen molar-refractivity contribution in [1.82, 2.24) is 0 Å². The minimum Gasteiger partial charge on any atom is -0.462 e. The second-order valence-corrected chi connectivity index (χ2v) is 28.5. The van der Waals surface area contributed by atoms with Crippen LogP contribution in [0.1, 0.15) is 350 Å². The summed E-state index contributed by atoms with van der Waals surface area (Å²) in [4.78, 5) is 72.3. The van der Waals surface area contributed by atoms with Gasteiger partial charge in [0.05, 0.1) is 26.4 Å². The Balaban J connectivity index is 5.20. The minimum absolute atomic E-state index is 0.106. The largest absolute Gasteiger partial charge is 0.472 e. The number of carbonyl (C=O) groups is 4. The molecular formula is C69H134O17P2. The smallest absolute Gasteiger partial charge is 0.462 e. The van der Waals surface area contributed by atoms with E-state index in [0.29, 0.717) is 25.7 Å². The number of unbranched alkanes of at least 4 members (excludes halogenated alkanes) is 37. The summed E-state index contributed by atoms with van der Waals surface area (Å²) in [5, 5.41) is 10.6. The zero-order valence-electron chi connectivity index (χ0n) is 57.0. The molecule has 88 heavy (non-hydrogen) atoms. The van der Waals surface area contributed by atoms with E-state index in [1.165, 1.54) is 154 Å². The topological polar surface area (TPSA) is 237 Å². The molecule has 0 bridgehead atoms. The zero-order chi connectivity index (χ0) is 65.0. The SMILES string of the molecule is CCCCCCCCCCCCC(=O)O[C@H](COC(=O)CCCCCCCCC)COP(=O)(O)OC[C@H](O)COP(=O)(O)OC[C@@H](COC(=O)CCCCCCCCCCCCC(C)CC)OC(=O)CCCCCCCCCCCCCCCCC(C)C. The zero-order valence-corrected chi connectivity index (χ0v) is 58.8. The van der Waals surface area contributed by atoms with Gasteiger partial charge in [0.25, 0.3) is 0 Å². The normalized spacial score (nSPS) is 14.5. The molecule has 0 aliphatic carbocycles. The predicted octanol–water partition coefficient (Wildman–Crippen LogP) is 19.6. The number of rotatable bonds is 68. The highest BCUT2D eigenvalue weighted by Crippen LogP contribution is 2.45. The molecule has 522 valence electrons.